The van der Waals surface area contributed by atoms with Crippen LogP contribution in [0.1, 0.15) is 25.8 Å². The van der Waals surface area contributed by atoms with Gasteiger partial charge in [0, 0.05) is 23.2 Å². The van der Waals surface area contributed by atoms with E-state index in [0.29, 0.717) is 29.5 Å². The van der Waals surface area contributed by atoms with Crippen LogP contribution >= 0.6 is 11.8 Å². The van der Waals surface area contributed by atoms with Gasteiger partial charge in [-0.3, -0.25) is 14.2 Å². The normalized spacial score (nSPS) is 15.7. The molecule has 4 aromatic rings. The number of carbonyl (C=O) groups is 1. The monoisotopic (exact) mass is 489 g/mol. The maximum Gasteiger partial charge on any atom is 0.333 e. The van der Waals surface area contributed by atoms with E-state index in [1.165, 1.54) is 4.57 Å². The zero-order valence-corrected chi connectivity index (χ0v) is 20.6. The lowest BCUT2D eigenvalue weighted by molar-refractivity contribution is -0.119. The second kappa shape index (κ2) is 9.58. The zero-order valence-electron chi connectivity index (χ0n) is 19.8. The number of aryl methyl sites for hydroxylation is 1. The van der Waals surface area contributed by atoms with Crippen LogP contribution in [-0.2, 0) is 24.4 Å². The molecule has 1 aliphatic heterocycles. The summed E-state index contributed by atoms with van der Waals surface area (Å²) in [5.41, 5.74) is 1.37. The standard InChI is InChI=1S/C26H27N5O3S/c1-3-28-17-27-24-23(28)25(33)31(26(34)30(24)15-19-9-5-4-6-10-19)16-22(32)29-14-13-18(2)35-21-12-8-7-11-20(21)29/h4-12,17-18H,3,13-16H2,1-2H3. The predicted octanol–water partition coefficient (Wildman–Crippen LogP) is 3.35. The van der Waals surface area contributed by atoms with Crippen molar-refractivity contribution in [3.63, 3.8) is 0 Å². The molecule has 2 aromatic carbocycles. The van der Waals surface area contributed by atoms with Crippen molar-refractivity contribution in [2.24, 2.45) is 0 Å². The Balaban J connectivity index is 1.60. The first-order chi connectivity index (χ1) is 17.0. The molecule has 0 radical (unpaired) electrons. The summed E-state index contributed by atoms with van der Waals surface area (Å²) >= 11 is 1.74. The molecule has 2 aromatic heterocycles. The molecule has 0 saturated heterocycles. The van der Waals surface area contributed by atoms with Crippen molar-refractivity contribution >= 4 is 34.5 Å². The van der Waals surface area contributed by atoms with Crippen molar-refractivity contribution in [2.75, 3.05) is 11.4 Å². The number of amides is 1. The number of hydrogen-bond donors (Lipinski definition) is 0. The number of aromatic nitrogens is 4. The first-order valence-electron chi connectivity index (χ1n) is 11.8. The van der Waals surface area contributed by atoms with Crippen molar-refractivity contribution in [2.45, 2.75) is 50.0 Å². The minimum Gasteiger partial charge on any atom is -0.325 e. The maximum absolute atomic E-state index is 13.6. The molecule has 1 unspecified atom stereocenters. The van der Waals surface area contributed by atoms with E-state index in [9.17, 15) is 14.4 Å². The average Bonchev–Trinajstić information content (AvgIpc) is 3.22. The van der Waals surface area contributed by atoms with Crippen molar-refractivity contribution in [1.29, 1.82) is 0 Å². The van der Waals surface area contributed by atoms with Gasteiger partial charge in [0.1, 0.15) is 6.54 Å². The molecule has 0 spiro atoms. The maximum atomic E-state index is 13.6. The molecule has 1 amide bonds. The van der Waals surface area contributed by atoms with Gasteiger partial charge in [-0.2, -0.15) is 0 Å². The van der Waals surface area contributed by atoms with Crippen LogP contribution in [0.15, 0.2) is 75.4 Å². The molecule has 9 heteroatoms. The molecular weight excluding hydrogens is 462 g/mol. The van der Waals surface area contributed by atoms with Crippen molar-refractivity contribution < 1.29 is 4.79 Å². The van der Waals surface area contributed by atoms with E-state index < -0.39 is 11.2 Å². The van der Waals surface area contributed by atoms with Gasteiger partial charge in [0.25, 0.3) is 5.56 Å². The van der Waals surface area contributed by atoms with E-state index in [0.717, 1.165) is 27.1 Å². The Hall–Kier alpha value is -3.59. The number of anilines is 1. The molecule has 5 rings (SSSR count). The minimum atomic E-state index is -0.535. The van der Waals surface area contributed by atoms with Crippen LogP contribution in [0.2, 0.25) is 0 Å². The number of rotatable bonds is 5. The van der Waals surface area contributed by atoms with Crippen LogP contribution in [0.25, 0.3) is 11.2 Å². The smallest absolute Gasteiger partial charge is 0.325 e. The first kappa shape index (κ1) is 23.2. The van der Waals surface area contributed by atoms with E-state index in [4.69, 9.17) is 0 Å². The summed E-state index contributed by atoms with van der Waals surface area (Å²) in [6.07, 6.45) is 2.39. The third kappa shape index (κ3) is 4.32. The van der Waals surface area contributed by atoms with Crippen LogP contribution in [0.5, 0.6) is 0 Å². The van der Waals surface area contributed by atoms with Gasteiger partial charge in [-0.25, -0.2) is 14.3 Å². The van der Waals surface area contributed by atoms with Gasteiger partial charge in [0.05, 0.1) is 18.6 Å². The Labute approximate surface area is 206 Å². The van der Waals surface area contributed by atoms with Crippen molar-refractivity contribution in [3.05, 3.63) is 87.3 Å². The number of para-hydroxylation sites is 1. The Morgan fingerprint density at radius 1 is 1.06 bits per heavy atom. The summed E-state index contributed by atoms with van der Waals surface area (Å²) in [6.45, 7) is 5.04. The van der Waals surface area contributed by atoms with E-state index in [1.807, 2.05) is 61.5 Å². The van der Waals surface area contributed by atoms with Gasteiger partial charge in [-0.05, 0) is 31.0 Å². The van der Waals surface area contributed by atoms with E-state index in [2.05, 4.69) is 11.9 Å². The fourth-order valence-corrected chi connectivity index (χ4v) is 5.61. The number of carbonyl (C=O) groups excluding carboxylic acids is 1. The minimum absolute atomic E-state index is 0.256. The first-order valence-corrected chi connectivity index (χ1v) is 12.6. The highest BCUT2D eigenvalue weighted by atomic mass is 32.2. The number of hydrogen-bond acceptors (Lipinski definition) is 5. The van der Waals surface area contributed by atoms with Gasteiger partial charge in [0.15, 0.2) is 11.2 Å². The second-order valence-corrected chi connectivity index (χ2v) is 10.2. The van der Waals surface area contributed by atoms with Gasteiger partial charge in [-0.15, -0.1) is 11.8 Å². The van der Waals surface area contributed by atoms with Crippen LogP contribution in [0.4, 0.5) is 5.69 Å². The quantitative estimate of drug-likeness (QED) is 0.429. The average molecular weight is 490 g/mol. The fourth-order valence-electron chi connectivity index (χ4n) is 4.49. The summed E-state index contributed by atoms with van der Waals surface area (Å²) in [6, 6.07) is 17.3. The predicted molar refractivity (Wildman–Crippen MR) is 138 cm³/mol. The molecule has 35 heavy (non-hydrogen) atoms. The Kier molecular flexibility index (Phi) is 6.34. The SMILES string of the molecule is CCn1cnc2c1c(=O)n(CC(=O)N1CCC(C)Sc3ccccc31)c(=O)n2Cc1ccccc1. The van der Waals surface area contributed by atoms with Gasteiger partial charge >= 0.3 is 5.69 Å². The van der Waals surface area contributed by atoms with Gasteiger partial charge in [0.2, 0.25) is 5.91 Å². The zero-order chi connectivity index (χ0) is 24.5. The summed E-state index contributed by atoms with van der Waals surface area (Å²) < 4.78 is 4.27. The Bertz CT molecular complexity index is 1510. The molecule has 1 aliphatic rings. The highest BCUT2D eigenvalue weighted by molar-refractivity contribution is 8.00. The Morgan fingerprint density at radius 2 is 1.80 bits per heavy atom. The molecule has 1 atom stereocenters. The van der Waals surface area contributed by atoms with E-state index >= 15 is 0 Å². The van der Waals surface area contributed by atoms with Crippen molar-refractivity contribution in [3.8, 4) is 0 Å². The van der Waals surface area contributed by atoms with Crippen LogP contribution in [0.3, 0.4) is 0 Å². The van der Waals surface area contributed by atoms with E-state index in [-0.39, 0.29) is 19.0 Å². The van der Waals surface area contributed by atoms with Crippen LogP contribution < -0.4 is 16.1 Å². The summed E-state index contributed by atoms with van der Waals surface area (Å²) in [5.74, 6) is -0.278. The van der Waals surface area contributed by atoms with Gasteiger partial charge in [-0.1, -0.05) is 49.4 Å². The number of imidazole rings is 1. The van der Waals surface area contributed by atoms with E-state index in [1.54, 1.807) is 27.6 Å². The lowest BCUT2D eigenvalue weighted by Crippen LogP contribution is -2.45. The summed E-state index contributed by atoms with van der Waals surface area (Å²) in [4.78, 5) is 47.8. The lowest BCUT2D eigenvalue weighted by Gasteiger charge is -2.23. The Morgan fingerprint density at radius 3 is 2.57 bits per heavy atom. The molecule has 8 nitrogen and oxygen atoms in total. The number of thioether (sulfide) groups is 1. The number of nitrogens with zero attached hydrogens (tertiary/aromatic N) is 5. The molecule has 0 bridgehead atoms. The number of fused-ring (bicyclic) bond motifs is 2. The highest BCUT2D eigenvalue weighted by Gasteiger charge is 2.26. The highest BCUT2D eigenvalue weighted by Crippen LogP contribution is 2.37. The molecule has 0 saturated carbocycles. The lowest BCUT2D eigenvalue weighted by atomic mass is 10.2. The molecule has 0 fully saturated rings. The van der Waals surface area contributed by atoms with Crippen LogP contribution in [-0.4, -0.2) is 36.4 Å². The third-order valence-electron chi connectivity index (χ3n) is 6.35. The third-order valence-corrected chi connectivity index (χ3v) is 7.58. The summed E-state index contributed by atoms with van der Waals surface area (Å²) in [7, 11) is 0. The van der Waals surface area contributed by atoms with Crippen LogP contribution in [0, 0.1) is 0 Å². The molecule has 180 valence electrons. The molecular formula is C26H27N5O3S. The second-order valence-electron chi connectivity index (χ2n) is 8.68. The topological polar surface area (TPSA) is 82.1 Å². The largest absolute Gasteiger partial charge is 0.333 e. The van der Waals surface area contributed by atoms with Crippen molar-refractivity contribution in [1.82, 2.24) is 18.7 Å². The number of benzene rings is 2. The van der Waals surface area contributed by atoms with Gasteiger partial charge < -0.3 is 9.47 Å². The summed E-state index contributed by atoms with van der Waals surface area (Å²) in [5, 5.41) is 0.357. The molecule has 3 heterocycles. The fraction of sp³-hybridized carbons (Fsp3) is 0.308. The molecule has 0 aliphatic carbocycles. The molecule has 0 N–H and O–H groups in total.